The molecule has 0 spiro atoms. The zero-order valence-electron chi connectivity index (χ0n) is 12.7. The summed E-state index contributed by atoms with van der Waals surface area (Å²) in [5, 5.41) is 16.2. The minimum Gasteiger partial charge on any atom is -0.545 e. The molecule has 6 nitrogen and oxygen atoms in total. The van der Waals surface area contributed by atoms with Gasteiger partial charge in [-0.2, -0.15) is 0 Å². The Balaban J connectivity index is 2.70. The molecule has 1 atom stereocenters. The average Bonchev–Trinajstić information content (AvgIpc) is 2.45. The molecule has 0 aliphatic rings. The number of benzene rings is 1. The molecule has 1 aromatic carbocycles. The maximum atomic E-state index is 12.0. The van der Waals surface area contributed by atoms with Crippen LogP contribution in [0.25, 0.3) is 0 Å². The van der Waals surface area contributed by atoms with Crippen molar-refractivity contribution in [3.05, 3.63) is 24.3 Å². The molecule has 0 radical (unpaired) electrons. The van der Waals surface area contributed by atoms with E-state index < -0.39 is 17.6 Å². The number of carbonyl (C=O) groups is 2. The third-order valence-electron chi connectivity index (χ3n) is 3.39. The third-order valence-corrected chi connectivity index (χ3v) is 3.39. The standard InChI is InChI=1S/C15H22N2O4/c1-5-15(2,3)14(20)17-11-8-6-10(7-9-11)16-12(21-4)13(18)19/h6-9,12,16H,5H2,1-4H3,(H,17,20)(H,18,19)/p-1. The lowest BCUT2D eigenvalue weighted by molar-refractivity contribution is -0.314. The van der Waals surface area contributed by atoms with Crippen LogP contribution in [0.2, 0.25) is 0 Å². The minimum absolute atomic E-state index is 0.0600. The fourth-order valence-corrected chi connectivity index (χ4v) is 1.48. The van der Waals surface area contributed by atoms with Crippen molar-refractivity contribution in [3.8, 4) is 0 Å². The van der Waals surface area contributed by atoms with Gasteiger partial charge in [-0.25, -0.2) is 0 Å². The largest absolute Gasteiger partial charge is 0.545 e. The predicted octanol–water partition coefficient (Wildman–Crippen LogP) is 1.20. The van der Waals surface area contributed by atoms with E-state index in [1.165, 1.54) is 7.11 Å². The first-order valence-electron chi connectivity index (χ1n) is 6.72. The maximum absolute atomic E-state index is 12.0. The second-order valence-corrected chi connectivity index (χ2v) is 5.35. The second-order valence-electron chi connectivity index (χ2n) is 5.35. The molecule has 1 rings (SSSR count). The number of hydrogen-bond acceptors (Lipinski definition) is 5. The molecule has 21 heavy (non-hydrogen) atoms. The molecule has 0 bridgehead atoms. The van der Waals surface area contributed by atoms with Crippen LogP contribution in [-0.4, -0.2) is 25.2 Å². The summed E-state index contributed by atoms with van der Waals surface area (Å²) < 4.78 is 4.73. The molecule has 0 aliphatic carbocycles. The molecule has 1 unspecified atom stereocenters. The van der Waals surface area contributed by atoms with E-state index in [2.05, 4.69) is 10.6 Å². The highest BCUT2D eigenvalue weighted by Gasteiger charge is 2.25. The highest BCUT2D eigenvalue weighted by Crippen LogP contribution is 2.23. The van der Waals surface area contributed by atoms with Crippen molar-refractivity contribution in [1.82, 2.24) is 0 Å². The molecular weight excluding hydrogens is 272 g/mol. The molecule has 116 valence electrons. The topological polar surface area (TPSA) is 90.5 Å². The Morgan fingerprint density at radius 1 is 1.24 bits per heavy atom. The smallest absolute Gasteiger partial charge is 0.230 e. The Morgan fingerprint density at radius 2 is 1.76 bits per heavy atom. The summed E-state index contributed by atoms with van der Waals surface area (Å²) >= 11 is 0. The second kappa shape index (κ2) is 7.08. The van der Waals surface area contributed by atoms with E-state index in [-0.39, 0.29) is 5.91 Å². The van der Waals surface area contributed by atoms with Crippen molar-refractivity contribution < 1.29 is 19.4 Å². The van der Waals surface area contributed by atoms with Crippen LogP contribution >= 0.6 is 0 Å². The number of carboxylic acids is 1. The maximum Gasteiger partial charge on any atom is 0.230 e. The number of nitrogens with one attached hydrogen (secondary N) is 2. The fraction of sp³-hybridized carbons (Fsp3) is 0.467. The van der Waals surface area contributed by atoms with Crippen LogP contribution in [0.1, 0.15) is 27.2 Å². The number of amides is 1. The monoisotopic (exact) mass is 293 g/mol. The Kier molecular flexibility index (Phi) is 5.72. The van der Waals surface area contributed by atoms with Gasteiger partial charge >= 0.3 is 0 Å². The lowest BCUT2D eigenvalue weighted by atomic mass is 9.89. The number of ether oxygens (including phenoxy) is 1. The van der Waals surface area contributed by atoms with Crippen LogP contribution in [0.4, 0.5) is 11.4 Å². The van der Waals surface area contributed by atoms with E-state index in [4.69, 9.17) is 4.74 Å². The van der Waals surface area contributed by atoms with Crippen molar-refractivity contribution in [2.45, 2.75) is 33.4 Å². The normalized spacial score (nSPS) is 12.6. The number of carbonyl (C=O) groups excluding carboxylic acids is 2. The number of carboxylic acid groups (broad SMARTS) is 1. The first-order chi connectivity index (χ1) is 9.80. The van der Waals surface area contributed by atoms with Gasteiger partial charge in [0.2, 0.25) is 5.91 Å². The summed E-state index contributed by atoms with van der Waals surface area (Å²) in [5.74, 6) is -1.41. The Bertz CT molecular complexity index is 497. The molecule has 0 saturated carbocycles. The highest BCUT2D eigenvalue weighted by molar-refractivity contribution is 5.94. The van der Waals surface area contributed by atoms with E-state index in [0.717, 1.165) is 6.42 Å². The number of anilines is 2. The summed E-state index contributed by atoms with van der Waals surface area (Å²) in [5.41, 5.74) is 0.765. The van der Waals surface area contributed by atoms with Crippen LogP contribution in [0.15, 0.2) is 24.3 Å². The summed E-state index contributed by atoms with van der Waals surface area (Å²) in [4.78, 5) is 22.8. The van der Waals surface area contributed by atoms with Gasteiger partial charge in [-0.15, -0.1) is 0 Å². The molecule has 6 heteroatoms. The van der Waals surface area contributed by atoms with Crippen LogP contribution in [-0.2, 0) is 14.3 Å². The third kappa shape index (κ3) is 4.75. The molecule has 0 saturated heterocycles. The summed E-state index contributed by atoms with van der Waals surface area (Å²) in [7, 11) is 1.27. The lowest BCUT2D eigenvalue weighted by Gasteiger charge is -2.22. The van der Waals surface area contributed by atoms with Crippen molar-refractivity contribution in [1.29, 1.82) is 0 Å². The number of aliphatic carboxylic acids is 1. The van der Waals surface area contributed by atoms with Gasteiger partial charge in [0.25, 0.3) is 0 Å². The zero-order chi connectivity index (χ0) is 16.0. The number of hydrogen-bond donors (Lipinski definition) is 2. The summed E-state index contributed by atoms with van der Waals surface area (Å²) in [6.45, 7) is 5.71. The van der Waals surface area contributed by atoms with Crippen LogP contribution < -0.4 is 15.7 Å². The van der Waals surface area contributed by atoms with Gasteiger partial charge in [0.15, 0.2) is 6.23 Å². The molecule has 1 aromatic rings. The molecule has 2 N–H and O–H groups in total. The Morgan fingerprint density at radius 3 is 2.19 bits per heavy atom. The van der Waals surface area contributed by atoms with Crippen molar-refractivity contribution >= 4 is 23.3 Å². The van der Waals surface area contributed by atoms with Crippen molar-refractivity contribution in [2.75, 3.05) is 17.7 Å². The van der Waals surface area contributed by atoms with Gasteiger partial charge in [-0.1, -0.05) is 20.8 Å². The van der Waals surface area contributed by atoms with Crippen LogP contribution in [0.3, 0.4) is 0 Å². The van der Waals surface area contributed by atoms with E-state index >= 15 is 0 Å². The quantitative estimate of drug-likeness (QED) is 0.737. The molecule has 0 heterocycles. The zero-order valence-corrected chi connectivity index (χ0v) is 12.7. The van der Waals surface area contributed by atoms with E-state index in [9.17, 15) is 14.7 Å². The van der Waals surface area contributed by atoms with Gasteiger partial charge in [0.05, 0.1) is 5.97 Å². The highest BCUT2D eigenvalue weighted by atomic mass is 16.5. The summed E-state index contributed by atoms with van der Waals surface area (Å²) in [6, 6.07) is 6.69. The van der Waals surface area contributed by atoms with E-state index in [0.29, 0.717) is 11.4 Å². The average molecular weight is 293 g/mol. The number of methoxy groups -OCH3 is 1. The van der Waals surface area contributed by atoms with Gasteiger partial charge in [-0.3, -0.25) is 4.79 Å². The molecule has 0 aromatic heterocycles. The van der Waals surface area contributed by atoms with E-state index in [1.54, 1.807) is 24.3 Å². The van der Waals surface area contributed by atoms with Gasteiger partial charge < -0.3 is 25.3 Å². The van der Waals surface area contributed by atoms with Crippen LogP contribution in [0.5, 0.6) is 0 Å². The first kappa shape index (κ1) is 17.0. The van der Waals surface area contributed by atoms with E-state index in [1.807, 2.05) is 20.8 Å². The predicted molar refractivity (Wildman–Crippen MR) is 78.6 cm³/mol. The lowest BCUT2D eigenvalue weighted by Crippen LogP contribution is -2.42. The molecule has 1 amide bonds. The number of rotatable bonds is 7. The van der Waals surface area contributed by atoms with Crippen molar-refractivity contribution in [3.63, 3.8) is 0 Å². The van der Waals surface area contributed by atoms with Crippen molar-refractivity contribution in [2.24, 2.45) is 5.41 Å². The summed E-state index contributed by atoms with van der Waals surface area (Å²) in [6.07, 6.45) is -0.482. The van der Waals surface area contributed by atoms with Gasteiger partial charge in [0.1, 0.15) is 0 Å². The van der Waals surface area contributed by atoms with Gasteiger partial charge in [-0.05, 0) is 30.7 Å². The Labute approximate surface area is 124 Å². The van der Waals surface area contributed by atoms with Crippen LogP contribution in [0, 0.1) is 5.41 Å². The fourth-order valence-electron chi connectivity index (χ4n) is 1.48. The first-order valence-corrected chi connectivity index (χ1v) is 6.72. The van der Waals surface area contributed by atoms with Gasteiger partial charge in [0, 0.05) is 23.9 Å². The molecule has 0 fully saturated rings. The molecular formula is C15H21N2O4-. The molecule has 0 aliphatic heterocycles. The minimum atomic E-state index is -1.35. The Hall–Kier alpha value is -2.08. The SMILES string of the molecule is CCC(C)(C)C(=O)Nc1ccc(NC(OC)C(=O)[O-])cc1.